The molecule has 19 heavy (non-hydrogen) atoms. The minimum atomic E-state index is -0.328. The zero-order chi connectivity index (χ0) is 13.4. The van der Waals surface area contributed by atoms with Gasteiger partial charge >= 0.3 is 0 Å². The number of hydrogen-bond donors (Lipinski definition) is 1. The van der Waals surface area contributed by atoms with Crippen molar-refractivity contribution in [2.45, 2.75) is 18.8 Å². The van der Waals surface area contributed by atoms with Crippen molar-refractivity contribution in [3.8, 4) is 0 Å². The van der Waals surface area contributed by atoms with Gasteiger partial charge in [-0.25, -0.2) is 9.97 Å². The van der Waals surface area contributed by atoms with Crippen LogP contribution in [0.1, 0.15) is 34.8 Å². The van der Waals surface area contributed by atoms with Gasteiger partial charge in [-0.2, -0.15) is 0 Å². The maximum absolute atomic E-state index is 12.0. The van der Waals surface area contributed by atoms with Gasteiger partial charge in [-0.3, -0.25) is 10.1 Å². The Hall–Kier alpha value is -1.17. The van der Waals surface area contributed by atoms with Crippen molar-refractivity contribution in [1.82, 2.24) is 9.97 Å². The molecule has 4 nitrogen and oxygen atoms in total. The molecule has 0 aromatic carbocycles. The highest BCUT2D eigenvalue weighted by Gasteiger charge is 2.26. The maximum Gasteiger partial charge on any atom is 0.260 e. The second kappa shape index (κ2) is 5.07. The predicted molar refractivity (Wildman–Crippen MR) is 76.3 cm³/mol. The van der Waals surface area contributed by atoms with Crippen LogP contribution in [0.25, 0.3) is 0 Å². The van der Waals surface area contributed by atoms with Gasteiger partial charge in [0.05, 0.1) is 11.3 Å². The number of pyridine rings is 1. The molecule has 0 aliphatic heterocycles. The van der Waals surface area contributed by atoms with Gasteiger partial charge in [-0.05, 0) is 25.0 Å². The van der Waals surface area contributed by atoms with E-state index in [1.165, 1.54) is 30.2 Å². The molecule has 1 N–H and O–H groups in total. The summed E-state index contributed by atoms with van der Waals surface area (Å²) < 4.78 is 0. The molecule has 1 aliphatic rings. The van der Waals surface area contributed by atoms with Gasteiger partial charge in [0.2, 0.25) is 0 Å². The van der Waals surface area contributed by atoms with Gasteiger partial charge in [0.25, 0.3) is 5.91 Å². The number of nitrogens with zero attached hydrogens (tertiary/aromatic N) is 2. The van der Waals surface area contributed by atoms with Crippen molar-refractivity contribution in [3.63, 3.8) is 0 Å². The monoisotopic (exact) mass is 313 g/mol. The lowest BCUT2D eigenvalue weighted by atomic mass is 10.3. The molecule has 1 saturated carbocycles. The van der Waals surface area contributed by atoms with E-state index in [2.05, 4.69) is 15.3 Å². The molecule has 0 bridgehead atoms. The third-order valence-electron chi connectivity index (χ3n) is 2.80. The van der Waals surface area contributed by atoms with Crippen LogP contribution in [0.5, 0.6) is 0 Å². The molecule has 0 atom stereocenters. The van der Waals surface area contributed by atoms with E-state index >= 15 is 0 Å². The third kappa shape index (κ3) is 2.88. The number of carbonyl (C=O) groups excluding carboxylic acids is 1. The van der Waals surface area contributed by atoms with Crippen molar-refractivity contribution in [3.05, 3.63) is 39.1 Å². The van der Waals surface area contributed by atoms with Crippen LogP contribution in [-0.4, -0.2) is 15.9 Å². The van der Waals surface area contributed by atoms with E-state index in [1.54, 1.807) is 6.07 Å². The first-order chi connectivity index (χ1) is 9.13. The van der Waals surface area contributed by atoms with Crippen LogP contribution in [-0.2, 0) is 0 Å². The quantitative estimate of drug-likeness (QED) is 0.872. The summed E-state index contributed by atoms with van der Waals surface area (Å²) in [5.74, 6) is 0.244. The van der Waals surface area contributed by atoms with E-state index in [1.807, 2.05) is 5.38 Å². The number of amides is 1. The van der Waals surface area contributed by atoms with E-state index in [0.717, 1.165) is 5.69 Å². The third-order valence-corrected chi connectivity index (χ3v) is 4.07. The number of rotatable bonds is 3. The summed E-state index contributed by atoms with van der Waals surface area (Å²) in [7, 11) is 0. The normalized spacial score (nSPS) is 14.4. The molecule has 0 radical (unpaired) electrons. The topological polar surface area (TPSA) is 54.9 Å². The van der Waals surface area contributed by atoms with E-state index < -0.39 is 0 Å². The van der Waals surface area contributed by atoms with E-state index in [0.29, 0.717) is 11.0 Å². The molecule has 3 rings (SSSR count). The fourth-order valence-electron chi connectivity index (χ4n) is 1.66. The molecule has 2 aromatic rings. The molecule has 1 fully saturated rings. The summed E-state index contributed by atoms with van der Waals surface area (Å²) in [5.41, 5.74) is 1.34. The lowest BCUT2D eigenvalue weighted by molar-refractivity contribution is 0.102. The number of hydrogen-bond acceptors (Lipinski definition) is 4. The van der Waals surface area contributed by atoms with E-state index in [9.17, 15) is 4.79 Å². The standard InChI is InChI=1S/C12H9Cl2N3OS/c13-9-4-3-7(10(14)16-9)11(18)17-12-15-8(5-19-12)6-1-2-6/h3-6H,1-2H2,(H,15,17,18). The van der Waals surface area contributed by atoms with Crippen molar-refractivity contribution in [2.75, 3.05) is 5.32 Å². The van der Waals surface area contributed by atoms with Gasteiger partial charge in [-0.1, -0.05) is 23.2 Å². The summed E-state index contributed by atoms with van der Waals surface area (Å²) in [6.45, 7) is 0. The van der Waals surface area contributed by atoms with Crippen molar-refractivity contribution in [2.24, 2.45) is 0 Å². The van der Waals surface area contributed by atoms with Crippen LogP contribution in [0.4, 0.5) is 5.13 Å². The van der Waals surface area contributed by atoms with Gasteiger partial charge in [0.15, 0.2) is 5.13 Å². The highest BCUT2D eigenvalue weighted by molar-refractivity contribution is 7.14. The van der Waals surface area contributed by atoms with E-state index in [-0.39, 0.29) is 21.8 Å². The first-order valence-electron chi connectivity index (χ1n) is 5.72. The molecule has 1 amide bonds. The Labute approximate surface area is 123 Å². The first kappa shape index (κ1) is 12.8. The average molecular weight is 314 g/mol. The minimum absolute atomic E-state index is 0.0870. The van der Waals surface area contributed by atoms with Crippen molar-refractivity contribution >= 4 is 45.6 Å². The summed E-state index contributed by atoms with van der Waals surface area (Å²) in [6.07, 6.45) is 2.37. The highest BCUT2D eigenvalue weighted by atomic mass is 35.5. The Morgan fingerprint density at radius 3 is 2.79 bits per heavy atom. The smallest absolute Gasteiger partial charge is 0.260 e. The second-order valence-electron chi connectivity index (χ2n) is 4.28. The zero-order valence-electron chi connectivity index (χ0n) is 9.69. The Bertz CT molecular complexity index is 640. The van der Waals surface area contributed by atoms with Gasteiger partial charge in [0.1, 0.15) is 10.3 Å². The Kier molecular flexibility index (Phi) is 3.43. The lowest BCUT2D eigenvalue weighted by Gasteiger charge is -2.03. The molecule has 0 spiro atoms. The number of nitrogens with one attached hydrogen (secondary N) is 1. The van der Waals surface area contributed by atoms with Gasteiger partial charge < -0.3 is 0 Å². The molecule has 0 unspecified atom stereocenters. The van der Waals surface area contributed by atoms with Crippen molar-refractivity contribution in [1.29, 1.82) is 0 Å². The SMILES string of the molecule is O=C(Nc1nc(C2CC2)cs1)c1ccc(Cl)nc1Cl. The van der Waals surface area contributed by atoms with Crippen LogP contribution < -0.4 is 5.32 Å². The molecular weight excluding hydrogens is 305 g/mol. The number of anilines is 1. The molecule has 2 heterocycles. The van der Waals surface area contributed by atoms with Crippen LogP contribution in [0.3, 0.4) is 0 Å². The number of carbonyl (C=O) groups is 1. The highest BCUT2D eigenvalue weighted by Crippen LogP contribution is 2.40. The van der Waals surface area contributed by atoms with Gasteiger partial charge in [0, 0.05) is 11.3 Å². The van der Waals surface area contributed by atoms with E-state index in [4.69, 9.17) is 23.2 Å². The summed E-state index contributed by atoms with van der Waals surface area (Å²) >= 11 is 13.0. The Morgan fingerprint density at radius 1 is 1.32 bits per heavy atom. The summed E-state index contributed by atoms with van der Waals surface area (Å²) in [5, 5.41) is 5.63. The van der Waals surface area contributed by atoms with Crippen LogP contribution in [0, 0.1) is 0 Å². The number of thiazole rings is 1. The fourth-order valence-corrected chi connectivity index (χ4v) is 2.87. The molecule has 98 valence electrons. The fraction of sp³-hybridized carbons (Fsp3) is 0.250. The van der Waals surface area contributed by atoms with Crippen LogP contribution in [0.2, 0.25) is 10.3 Å². The molecule has 0 saturated heterocycles. The maximum atomic E-state index is 12.0. The number of aromatic nitrogens is 2. The molecule has 7 heteroatoms. The van der Waals surface area contributed by atoms with Gasteiger partial charge in [-0.15, -0.1) is 11.3 Å². The second-order valence-corrected chi connectivity index (χ2v) is 5.88. The summed E-state index contributed by atoms with van der Waals surface area (Å²) in [6, 6.07) is 3.07. The Balaban J connectivity index is 1.76. The van der Waals surface area contributed by atoms with Crippen molar-refractivity contribution < 1.29 is 4.79 Å². The predicted octanol–water partition coefficient (Wildman–Crippen LogP) is 3.97. The lowest BCUT2D eigenvalue weighted by Crippen LogP contribution is -2.12. The largest absolute Gasteiger partial charge is 0.298 e. The number of halogens is 2. The van der Waals surface area contributed by atoms with Crippen LogP contribution in [0.15, 0.2) is 17.5 Å². The minimum Gasteiger partial charge on any atom is -0.298 e. The molecule has 2 aromatic heterocycles. The van der Waals surface area contributed by atoms with Crippen LogP contribution >= 0.6 is 34.5 Å². The first-order valence-corrected chi connectivity index (χ1v) is 7.36. The summed E-state index contributed by atoms with van der Waals surface area (Å²) in [4.78, 5) is 20.2. The molecule has 1 aliphatic carbocycles. The average Bonchev–Trinajstić information content (AvgIpc) is 3.10. The Morgan fingerprint density at radius 2 is 2.11 bits per heavy atom. The zero-order valence-corrected chi connectivity index (χ0v) is 12.0. The molecular formula is C12H9Cl2N3OS.